The Balaban J connectivity index is 1.27. The molecule has 0 bridgehead atoms. The summed E-state index contributed by atoms with van der Waals surface area (Å²) in [6, 6.07) is 54.9. The van der Waals surface area contributed by atoms with Gasteiger partial charge in [0.05, 0.1) is 0 Å². The number of phenols is 1. The van der Waals surface area contributed by atoms with E-state index >= 15 is 0 Å². The average molecular weight is 655 g/mol. The zero-order valence-corrected chi connectivity index (χ0v) is 29.4. The first-order valence-electron chi connectivity index (χ1n) is 18.0. The van der Waals surface area contributed by atoms with Crippen molar-refractivity contribution >= 4 is 21.5 Å². The lowest BCUT2D eigenvalue weighted by Crippen LogP contribution is -2.16. The Morgan fingerprint density at radius 2 is 0.824 bits per heavy atom. The summed E-state index contributed by atoms with van der Waals surface area (Å²) < 4.78 is 0. The van der Waals surface area contributed by atoms with Crippen LogP contribution in [-0.2, 0) is 10.8 Å². The Kier molecular flexibility index (Phi) is 6.19. The van der Waals surface area contributed by atoms with Gasteiger partial charge in [-0.15, -0.1) is 0 Å². The molecule has 0 unspecified atom stereocenters. The van der Waals surface area contributed by atoms with Crippen LogP contribution < -0.4 is 0 Å². The van der Waals surface area contributed by atoms with Crippen LogP contribution >= 0.6 is 0 Å². The van der Waals surface area contributed by atoms with E-state index in [4.69, 9.17) is 0 Å². The molecule has 2 aliphatic rings. The SMILES string of the molecule is CC1(C)c2ccccc2-c2cccc(-c3cc(-c4c(O)c(-c5cccc6c5C(C)(C)c5ccccc5-6)cc5ccccc45)c4ccccc4c3)c21. The van der Waals surface area contributed by atoms with E-state index in [9.17, 15) is 5.11 Å². The number of hydrogen-bond acceptors (Lipinski definition) is 1. The van der Waals surface area contributed by atoms with Gasteiger partial charge >= 0.3 is 0 Å². The lowest BCUT2D eigenvalue weighted by molar-refractivity contribution is 0.480. The predicted octanol–water partition coefficient (Wildman–Crippen LogP) is 13.3. The summed E-state index contributed by atoms with van der Waals surface area (Å²) in [4.78, 5) is 0. The molecule has 0 spiro atoms. The molecule has 10 rings (SSSR count). The van der Waals surface area contributed by atoms with Gasteiger partial charge in [0.2, 0.25) is 0 Å². The predicted molar refractivity (Wildman–Crippen MR) is 215 cm³/mol. The molecule has 1 nitrogen and oxygen atoms in total. The van der Waals surface area contributed by atoms with Crippen molar-refractivity contribution in [1.29, 1.82) is 0 Å². The minimum atomic E-state index is -0.217. The number of fused-ring (bicyclic) bond motifs is 8. The molecule has 0 atom stereocenters. The maximum absolute atomic E-state index is 12.8. The summed E-state index contributed by atoms with van der Waals surface area (Å²) in [6.45, 7) is 9.33. The van der Waals surface area contributed by atoms with Crippen LogP contribution in [0.15, 0.2) is 152 Å². The van der Waals surface area contributed by atoms with E-state index in [0.29, 0.717) is 5.75 Å². The number of aromatic hydroxyl groups is 1. The molecule has 8 aromatic rings. The highest BCUT2D eigenvalue weighted by Gasteiger charge is 2.39. The minimum Gasteiger partial charge on any atom is -0.507 e. The molecule has 0 heterocycles. The summed E-state index contributed by atoms with van der Waals surface area (Å²) in [7, 11) is 0. The maximum atomic E-state index is 12.8. The van der Waals surface area contributed by atoms with Crippen molar-refractivity contribution in [3.05, 3.63) is 174 Å². The van der Waals surface area contributed by atoms with Crippen LogP contribution in [0.1, 0.15) is 49.9 Å². The van der Waals surface area contributed by atoms with Gasteiger partial charge in [-0.2, -0.15) is 0 Å². The summed E-state index contributed by atoms with van der Waals surface area (Å²) in [6.07, 6.45) is 0. The fraction of sp³-hybridized carbons (Fsp3) is 0.120. The molecule has 1 heteroatoms. The molecule has 0 radical (unpaired) electrons. The topological polar surface area (TPSA) is 20.2 Å². The van der Waals surface area contributed by atoms with E-state index in [1.807, 2.05) is 0 Å². The second-order valence-corrected chi connectivity index (χ2v) is 15.4. The molecule has 244 valence electrons. The molecule has 2 aliphatic carbocycles. The third-order valence-electron chi connectivity index (χ3n) is 11.9. The molecule has 0 fully saturated rings. The van der Waals surface area contributed by atoms with Crippen LogP contribution in [0.5, 0.6) is 5.75 Å². The second-order valence-electron chi connectivity index (χ2n) is 15.4. The monoisotopic (exact) mass is 654 g/mol. The highest BCUT2D eigenvalue weighted by Crippen LogP contribution is 2.56. The summed E-state index contributed by atoms with van der Waals surface area (Å²) >= 11 is 0. The van der Waals surface area contributed by atoms with Crippen LogP contribution in [-0.4, -0.2) is 5.11 Å². The van der Waals surface area contributed by atoms with Crippen molar-refractivity contribution in [3.8, 4) is 61.4 Å². The Labute approximate surface area is 299 Å². The van der Waals surface area contributed by atoms with Gasteiger partial charge in [-0.25, -0.2) is 0 Å². The molecule has 0 aliphatic heterocycles. The molecule has 1 N–H and O–H groups in total. The van der Waals surface area contributed by atoms with E-state index in [0.717, 1.165) is 49.4 Å². The molecule has 8 aromatic carbocycles. The van der Waals surface area contributed by atoms with Crippen LogP contribution in [0.2, 0.25) is 0 Å². The Hall–Kier alpha value is -5.92. The van der Waals surface area contributed by atoms with Crippen molar-refractivity contribution in [1.82, 2.24) is 0 Å². The van der Waals surface area contributed by atoms with Gasteiger partial charge in [-0.3, -0.25) is 0 Å². The lowest BCUT2D eigenvalue weighted by atomic mass is 9.77. The van der Waals surface area contributed by atoms with Crippen LogP contribution in [0.25, 0.3) is 77.2 Å². The van der Waals surface area contributed by atoms with Gasteiger partial charge in [-0.05, 0) is 107 Å². The van der Waals surface area contributed by atoms with Crippen LogP contribution in [0.3, 0.4) is 0 Å². The number of benzene rings is 8. The first-order chi connectivity index (χ1) is 24.7. The van der Waals surface area contributed by atoms with Crippen molar-refractivity contribution < 1.29 is 5.11 Å². The van der Waals surface area contributed by atoms with Gasteiger partial charge in [0.15, 0.2) is 0 Å². The van der Waals surface area contributed by atoms with Crippen molar-refractivity contribution in [2.45, 2.75) is 38.5 Å². The number of phenolic OH excluding ortho intramolecular Hbond substituents is 1. The quantitative estimate of drug-likeness (QED) is 0.201. The van der Waals surface area contributed by atoms with Gasteiger partial charge < -0.3 is 5.11 Å². The van der Waals surface area contributed by atoms with Gasteiger partial charge in [0.1, 0.15) is 5.75 Å². The smallest absolute Gasteiger partial charge is 0.131 e. The highest BCUT2D eigenvalue weighted by molar-refractivity contribution is 6.12. The first-order valence-corrected chi connectivity index (χ1v) is 18.0. The first kappa shape index (κ1) is 29.9. The van der Waals surface area contributed by atoms with Crippen molar-refractivity contribution in [2.75, 3.05) is 0 Å². The van der Waals surface area contributed by atoms with Crippen molar-refractivity contribution in [3.63, 3.8) is 0 Å². The van der Waals surface area contributed by atoms with Gasteiger partial charge in [0, 0.05) is 22.0 Å². The van der Waals surface area contributed by atoms with Crippen molar-refractivity contribution in [2.24, 2.45) is 0 Å². The van der Waals surface area contributed by atoms with E-state index in [-0.39, 0.29) is 10.8 Å². The summed E-state index contributed by atoms with van der Waals surface area (Å²) in [5, 5.41) is 17.2. The number of rotatable bonds is 3. The van der Waals surface area contributed by atoms with E-state index in [2.05, 4.69) is 179 Å². The molecule has 0 saturated carbocycles. The van der Waals surface area contributed by atoms with Gasteiger partial charge in [-0.1, -0.05) is 161 Å². The highest BCUT2D eigenvalue weighted by atomic mass is 16.3. The van der Waals surface area contributed by atoms with E-state index < -0.39 is 0 Å². The largest absolute Gasteiger partial charge is 0.507 e. The zero-order chi connectivity index (χ0) is 34.6. The zero-order valence-electron chi connectivity index (χ0n) is 29.4. The van der Waals surface area contributed by atoms with Crippen LogP contribution in [0.4, 0.5) is 0 Å². The minimum absolute atomic E-state index is 0.152. The van der Waals surface area contributed by atoms with Gasteiger partial charge in [0.25, 0.3) is 0 Å². The standard InChI is InChI=1S/C50H38O/c1-49(2)43-25-11-9-19-36(43)38-22-13-21-35(46(38)49)32-27-30-15-5-7-17-33(30)41(29-32)45-34-18-8-6-16-31(34)28-42(48(45)51)40-24-14-23-39-37-20-10-12-26-44(37)50(3,4)47(39)40/h5-29,51H,1-4H3. The Morgan fingerprint density at radius 1 is 0.373 bits per heavy atom. The average Bonchev–Trinajstić information content (AvgIpc) is 3.54. The molecule has 51 heavy (non-hydrogen) atoms. The summed E-state index contributed by atoms with van der Waals surface area (Å²) in [5.74, 6) is 0.321. The van der Waals surface area contributed by atoms with Crippen LogP contribution in [0, 0.1) is 0 Å². The fourth-order valence-corrected chi connectivity index (χ4v) is 9.65. The Morgan fingerprint density at radius 3 is 1.45 bits per heavy atom. The Bertz CT molecular complexity index is 2760. The maximum Gasteiger partial charge on any atom is 0.131 e. The molecular formula is C50H38O. The van der Waals surface area contributed by atoms with E-state index in [1.54, 1.807) is 0 Å². The fourth-order valence-electron chi connectivity index (χ4n) is 9.65. The molecular weight excluding hydrogens is 617 g/mol. The molecule has 0 aromatic heterocycles. The molecule has 0 saturated heterocycles. The summed E-state index contributed by atoms with van der Waals surface area (Å²) in [5.41, 5.74) is 16.4. The lowest BCUT2D eigenvalue weighted by Gasteiger charge is -2.26. The third kappa shape index (κ3) is 4.09. The third-order valence-corrected chi connectivity index (χ3v) is 11.9. The van der Waals surface area contributed by atoms with E-state index in [1.165, 1.54) is 50.1 Å². The normalized spacial score (nSPS) is 14.7. The molecule has 0 amide bonds. The number of hydrogen-bond donors (Lipinski definition) is 1. The second kappa shape index (κ2) is 10.5.